The zero-order valence-electron chi connectivity index (χ0n) is 18.9. The predicted molar refractivity (Wildman–Crippen MR) is 128 cm³/mol. The third-order valence-electron chi connectivity index (χ3n) is 7.41. The first-order valence-corrected chi connectivity index (χ1v) is 12.2. The average Bonchev–Trinajstić information content (AvgIpc) is 2.80. The van der Waals surface area contributed by atoms with Crippen molar-refractivity contribution >= 4 is 0 Å². The van der Waals surface area contributed by atoms with Crippen LogP contribution < -0.4 is 4.74 Å². The maximum atomic E-state index is 5.83. The highest BCUT2D eigenvalue weighted by Crippen LogP contribution is 2.39. The van der Waals surface area contributed by atoms with Crippen LogP contribution in [0.15, 0.2) is 54.6 Å². The lowest BCUT2D eigenvalue weighted by Gasteiger charge is -2.29. The largest absolute Gasteiger partial charge is 0.490 e. The van der Waals surface area contributed by atoms with E-state index in [9.17, 15) is 0 Å². The lowest BCUT2D eigenvalue weighted by atomic mass is 9.76. The van der Waals surface area contributed by atoms with Crippen LogP contribution in [-0.4, -0.2) is 6.61 Å². The highest BCUT2D eigenvalue weighted by molar-refractivity contribution is 5.40. The highest BCUT2D eigenvalue weighted by Gasteiger charge is 2.23. The minimum Gasteiger partial charge on any atom is -0.490 e. The molecule has 0 bridgehead atoms. The Hall–Kier alpha value is -2.02. The zero-order valence-corrected chi connectivity index (χ0v) is 18.9. The van der Waals surface area contributed by atoms with Crippen molar-refractivity contribution in [1.29, 1.82) is 0 Å². The summed E-state index contributed by atoms with van der Waals surface area (Å²) in [5.41, 5.74) is 6.08. The molecule has 2 aliphatic carbocycles. The van der Waals surface area contributed by atoms with Crippen molar-refractivity contribution < 1.29 is 4.74 Å². The Kier molecular flexibility index (Phi) is 7.31. The van der Waals surface area contributed by atoms with Gasteiger partial charge in [-0.25, -0.2) is 0 Å². The lowest BCUT2D eigenvalue weighted by Crippen LogP contribution is -2.14. The summed E-state index contributed by atoms with van der Waals surface area (Å²) < 4.78 is 5.83. The van der Waals surface area contributed by atoms with Crippen LogP contribution in [-0.2, 0) is 12.8 Å². The van der Waals surface area contributed by atoms with Crippen LogP contribution >= 0.6 is 0 Å². The first-order chi connectivity index (χ1) is 14.8. The van der Waals surface area contributed by atoms with E-state index in [0.717, 1.165) is 30.4 Å². The van der Waals surface area contributed by atoms with Gasteiger partial charge in [0.2, 0.25) is 0 Å². The molecule has 1 saturated carbocycles. The Labute approximate surface area is 183 Å². The Morgan fingerprint density at radius 1 is 0.867 bits per heavy atom. The van der Waals surface area contributed by atoms with Crippen LogP contribution in [0.2, 0.25) is 0 Å². The molecular formula is C29H38O. The molecular weight excluding hydrogens is 364 g/mol. The van der Waals surface area contributed by atoms with Crippen molar-refractivity contribution in [2.24, 2.45) is 5.92 Å². The molecule has 1 nitrogen and oxygen atoms in total. The van der Waals surface area contributed by atoms with Crippen LogP contribution in [0, 0.1) is 5.92 Å². The lowest BCUT2D eigenvalue weighted by molar-refractivity contribution is 0.308. The maximum Gasteiger partial charge on any atom is 0.120 e. The van der Waals surface area contributed by atoms with Gasteiger partial charge in [0.1, 0.15) is 12.4 Å². The number of ether oxygens (including phenoxy) is 1. The van der Waals surface area contributed by atoms with Crippen molar-refractivity contribution in [3.63, 3.8) is 0 Å². The number of hydrogen-bond acceptors (Lipinski definition) is 1. The van der Waals surface area contributed by atoms with Gasteiger partial charge < -0.3 is 4.74 Å². The number of aryl methyl sites for hydroxylation is 1. The Bertz CT molecular complexity index is 824. The van der Waals surface area contributed by atoms with E-state index in [0.29, 0.717) is 12.5 Å². The summed E-state index contributed by atoms with van der Waals surface area (Å²) in [4.78, 5) is 0. The highest BCUT2D eigenvalue weighted by atomic mass is 16.5. The van der Waals surface area contributed by atoms with Crippen LogP contribution in [0.5, 0.6) is 5.75 Å². The summed E-state index contributed by atoms with van der Waals surface area (Å²) in [6, 6.07) is 16.4. The molecule has 0 saturated heterocycles. The molecule has 2 aromatic carbocycles. The number of fused-ring (bicyclic) bond motifs is 1. The van der Waals surface area contributed by atoms with E-state index in [4.69, 9.17) is 4.74 Å². The molecule has 1 atom stereocenters. The molecule has 2 aliphatic rings. The van der Waals surface area contributed by atoms with E-state index >= 15 is 0 Å². The van der Waals surface area contributed by atoms with E-state index in [1.54, 1.807) is 5.56 Å². The third kappa shape index (κ3) is 5.17. The van der Waals surface area contributed by atoms with Gasteiger partial charge in [0, 0.05) is 0 Å². The summed E-state index contributed by atoms with van der Waals surface area (Å²) in [6.45, 7) is 5.01. The number of rotatable bonds is 7. The van der Waals surface area contributed by atoms with Crippen molar-refractivity contribution in [3.05, 3.63) is 76.9 Å². The van der Waals surface area contributed by atoms with Crippen LogP contribution in [0.3, 0.4) is 0 Å². The molecule has 0 spiro atoms. The van der Waals surface area contributed by atoms with Crippen LogP contribution in [0.1, 0.15) is 92.9 Å². The molecule has 30 heavy (non-hydrogen) atoms. The van der Waals surface area contributed by atoms with Crippen LogP contribution in [0.25, 0.3) is 0 Å². The second-order valence-electron chi connectivity index (χ2n) is 9.42. The molecule has 0 N–H and O–H groups in total. The van der Waals surface area contributed by atoms with Crippen molar-refractivity contribution in [1.82, 2.24) is 0 Å². The number of benzene rings is 2. The number of hydrogen-bond donors (Lipinski definition) is 0. The Morgan fingerprint density at radius 2 is 1.60 bits per heavy atom. The quantitative estimate of drug-likeness (QED) is 0.426. The molecule has 1 fully saturated rings. The summed E-state index contributed by atoms with van der Waals surface area (Å²) in [5.74, 6) is 3.44. The Morgan fingerprint density at radius 3 is 2.30 bits per heavy atom. The van der Waals surface area contributed by atoms with E-state index in [1.807, 2.05) is 13.0 Å². The van der Waals surface area contributed by atoms with E-state index in [1.165, 1.54) is 61.6 Å². The second-order valence-corrected chi connectivity index (χ2v) is 9.42. The molecule has 1 heteroatoms. The Balaban J connectivity index is 1.35. The van der Waals surface area contributed by atoms with Gasteiger partial charge in [0.15, 0.2) is 0 Å². The molecule has 1 unspecified atom stereocenters. The minimum atomic E-state index is 0.654. The van der Waals surface area contributed by atoms with Crippen molar-refractivity contribution in [2.75, 3.05) is 6.61 Å². The number of allylic oxidation sites excluding steroid dienone is 1. The van der Waals surface area contributed by atoms with Gasteiger partial charge in [0.25, 0.3) is 0 Å². The summed E-state index contributed by atoms with van der Waals surface area (Å²) >= 11 is 0. The monoisotopic (exact) mass is 402 g/mol. The van der Waals surface area contributed by atoms with Gasteiger partial charge in [-0.2, -0.15) is 0 Å². The van der Waals surface area contributed by atoms with Gasteiger partial charge >= 0.3 is 0 Å². The molecule has 0 radical (unpaired) electrons. The van der Waals surface area contributed by atoms with Crippen LogP contribution in [0.4, 0.5) is 0 Å². The molecule has 0 aliphatic heterocycles. The summed E-state index contributed by atoms with van der Waals surface area (Å²) in [5, 5.41) is 0. The standard InChI is InChI=1S/C29H38O/c1-3-5-19-30-29-18-17-27-20-26(15-16-28(27)21-29)25-13-11-24(12-14-25)23-9-7-22(6-4-2)8-10-23/h3,5,11-14,17-18,21-23,26H,4,6-10,15-16,19-20H2,1-2H3. The van der Waals surface area contributed by atoms with Gasteiger partial charge in [-0.3, -0.25) is 0 Å². The fraction of sp³-hybridized carbons (Fsp3) is 0.517. The summed E-state index contributed by atoms with van der Waals surface area (Å²) in [6.07, 6.45) is 16.1. The average molecular weight is 403 g/mol. The second kappa shape index (κ2) is 10.3. The van der Waals surface area contributed by atoms with E-state index in [2.05, 4.69) is 55.5 Å². The predicted octanol–water partition coefficient (Wildman–Crippen LogP) is 7.99. The SMILES string of the molecule is CC=CCOc1ccc2c(c1)CCC(c1ccc(C3CCC(CCC)CC3)cc1)C2. The first-order valence-electron chi connectivity index (χ1n) is 12.2. The zero-order chi connectivity index (χ0) is 20.8. The fourth-order valence-corrected chi connectivity index (χ4v) is 5.58. The smallest absolute Gasteiger partial charge is 0.120 e. The fourth-order valence-electron chi connectivity index (χ4n) is 5.58. The molecule has 4 rings (SSSR count). The van der Waals surface area contributed by atoms with Crippen molar-refractivity contribution in [2.45, 2.75) is 83.5 Å². The van der Waals surface area contributed by atoms with E-state index in [-0.39, 0.29) is 0 Å². The van der Waals surface area contributed by atoms with Gasteiger partial charge in [-0.1, -0.05) is 62.2 Å². The molecule has 2 aromatic rings. The molecule has 0 aromatic heterocycles. The minimum absolute atomic E-state index is 0.654. The summed E-state index contributed by atoms with van der Waals surface area (Å²) in [7, 11) is 0. The topological polar surface area (TPSA) is 9.23 Å². The first kappa shape index (κ1) is 21.2. The third-order valence-corrected chi connectivity index (χ3v) is 7.41. The maximum absolute atomic E-state index is 5.83. The normalized spacial score (nSPS) is 24.0. The van der Waals surface area contributed by atoms with Gasteiger partial charge in [0.05, 0.1) is 0 Å². The van der Waals surface area contributed by atoms with Gasteiger partial charge in [-0.15, -0.1) is 0 Å². The van der Waals surface area contributed by atoms with E-state index < -0.39 is 0 Å². The molecule has 0 heterocycles. The molecule has 0 amide bonds. The van der Waals surface area contributed by atoms with Crippen molar-refractivity contribution in [3.8, 4) is 5.75 Å². The van der Waals surface area contributed by atoms with Gasteiger partial charge in [-0.05, 0) is 104 Å². The molecule has 160 valence electrons.